The Balaban J connectivity index is 1.78. The highest BCUT2D eigenvalue weighted by atomic mass is 35.5. The SMILES string of the molecule is CC[C@H](C(=O)NC1CCCC1)N(Cc1ccc(Cl)cc1Cl)C(=O)CN(c1cccc(C(F)(F)F)c1)S(=O)(=O)c1ccc(C)cc1. The number of alkyl halides is 3. The lowest BCUT2D eigenvalue weighted by molar-refractivity contribution is -0.140. The summed E-state index contributed by atoms with van der Waals surface area (Å²) in [5, 5.41) is 3.59. The summed E-state index contributed by atoms with van der Waals surface area (Å²) in [6.07, 6.45) is -1.04. The van der Waals surface area contributed by atoms with Gasteiger partial charge in [0.1, 0.15) is 12.6 Å². The molecule has 0 radical (unpaired) electrons. The van der Waals surface area contributed by atoms with E-state index in [1.807, 2.05) is 0 Å². The molecule has 7 nitrogen and oxygen atoms in total. The lowest BCUT2D eigenvalue weighted by Gasteiger charge is -2.34. The Hall–Kier alpha value is -3.28. The zero-order chi connectivity index (χ0) is 32.9. The minimum atomic E-state index is -4.76. The van der Waals surface area contributed by atoms with Gasteiger partial charge in [0.25, 0.3) is 10.0 Å². The van der Waals surface area contributed by atoms with Gasteiger partial charge in [-0.25, -0.2) is 8.42 Å². The Bertz CT molecular complexity index is 1630. The zero-order valence-corrected chi connectivity index (χ0v) is 27.1. The smallest absolute Gasteiger partial charge is 0.352 e. The standard InChI is InChI=1S/C32H34Cl2F3N3O4S/c1-3-29(31(42)38-25-8-4-5-9-25)39(19-22-13-14-24(33)18-28(22)34)30(41)20-40(26-10-6-7-23(17-26)32(35,36)37)45(43,44)27-15-11-21(2)12-16-27/h6-7,10-18,25,29H,3-5,8-9,19-20H2,1-2H3,(H,38,42)/t29-/m1/s1. The number of hydrogen-bond donors (Lipinski definition) is 1. The average molecular weight is 685 g/mol. The summed E-state index contributed by atoms with van der Waals surface area (Å²) in [5.41, 5.74) is -0.218. The predicted molar refractivity (Wildman–Crippen MR) is 169 cm³/mol. The molecule has 45 heavy (non-hydrogen) atoms. The number of nitrogens with zero attached hydrogens (tertiary/aromatic N) is 2. The first-order valence-corrected chi connectivity index (χ1v) is 16.7. The Kier molecular flexibility index (Phi) is 11.1. The van der Waals surface area contributed by atoms with Gasteiger partial charge in [0.05, 0.1) is 16.1 Å². The van der Waals surface area contributed by atoms with E-state index in [2.05, 4.69) is 5.32 Å². The van der Waals surface area contributed by atoms with E-state index in [4.69, 9.17) is 23.2 Å². The van der Waals surface area contributed by atoms with Gasteiger partial charge in [-0.15, -0.1) is 0 Å². The van der Waals surface area contributed by atoms with Crippen molar-refractivity contribution < 1.29 is 31.2 Å². The fraction of sp³-hybridized carbons (Fsp3) is 0.375. The average Bonchev–Trinajstić information content (AvgIpc) is 3.49. The van der Waals surface area contributed by atoms with E-state index in [1.165, 1.54) is 29.2 Å². The maximum atomic E-state index is 14.2. The molecule has 4 rings (SSSR count). The number of rotatable bonds is 11. The number of anilines is 1. The predicted octanol–water partition coefficient (Wildman–Crippen LogP) is 7.38. The van der Waals surface area contributed by atoms with E-state index in [0.717, 1.165) is 43.4 Å². The van der Waals surface area contributed by atoms with Crippen LogP contribution in [0, 0.1) is 6.92 Å². The van der Waals surface area contributed by atoms with Crippen LogP contribution in [0.4, 0.5) is 18.9 Å². The molecule has 0 unspecified atom stereocenters. The Labute approximate surface area is 271 Å². The molecule has 1 N–H and O–H groups in total. The third-order valence-electron chi connectivity index (χ3n) is 7.79. The molecule has 1 aliphatic rings. The highest BCUT2D eigenvalue weighted by Crippen LogP contribution is 2.34. The van der Waals surface area contributed by atoms with Crippen molar-refractivity contribution in [1.29, 1.82) is 0 Å². The van der Waals surface area contributed by atoms with E-state index >= 15 is 0 Å². The Morgan fingerprint density at radius 1 is 1.00 bits per heavy atom. The number of benzene rings is 3. The zero-order valence-electron chi connectivity index (χ0n) is 24.8. The van der Waals surface area contributed by atoms with Crippen molar-refractivity contribution in [2.24, 2.45) is 0 Å². The molecule has 2 amide bonds. The first kappa shape index (κ1) is 34.6. The van der Waals surface area contributed by atoms with Crippen LogP contribution in [0.3, 0.4) is 0 Å². The molecule has 0 saturated heterocycles. The summed E-state index contributed by atoms with van der Waals surface area (Å²) in [6.45, 7) is 2.42. The van der Waals surface area contributed by atoms with E-state index in [-0.39, 0.29) is 34.6 Å². The van der Waals surface area contributed by atoms with Crippen LogP contribution in [0.5, 0.6) is 0 Å². The molecule has 0 spiro atoms. The van der Waals surface area contributed by atoms with E-state index < -0.39 is 46.2 Å². The summed E-state index contributed by atoms with van der Waals surface area (Å²) >= 11 is 12.5. The number of aryl methyl sites for hydroxylation is 1. The first-order valence-electron chi connectivity index (χ1n) is 14.5. The van der Waals surface area contributed by atoms with Crippen LogP contribution < -0.4 is 9.62 Å². The van der Waals surface area contributed by atoms with Gasteiger partial charge >= 0.3 is 6.18 Å². The third-order valence-corrected chi connectivity index (χ3v) is 10.2. The van der Waals surface area contributed by atoms with Crippen LogP contribution in [-0.2, 0) is 32.3 Å². The van der Waals surface area contributed by atoms with Crippen molar-refractivity contribution in [3.8, 4) is 0 Å². The van der Waals surface area contributed by atoms with Crippen LogP contribution >= 0.6 is 23.2 Å². The molecule has 0 aromatic heterocycles. The molecule has 0 bridgehead atoms. The summed E-state index contributed by atoms with van der Waals surface area (Å²) in [5.74, 6) is -1.21. The largest absolute Gasteiger partial charge is 0.416 e. The molecule has 3 aromatic carbocycles. The molecule has 1 fully saturated rings. The fourth-order valence-electron chi connectivity index (χ4n) is 5.32. The molecule has 1 aliphatic carbocycles. The number of hydrogen-bond acceptors (Lipinski definition) is 4. The third kappa shape index (κ3) is 8.51. The molecule has 13 heteroatoms. The summed E-state index contributed by atoms with van der Waals surface area (Å²) in [6, 6.07) is 13.1. The second-order valence-electron chi connectivity index (χ2n) is 11.0. The molecule has 1 atom stereocenters. The quantitative estimate of drug-likeness (QED) is 0.229. The van der Waals surface area contributed by atoms with Gasteiger partial charge in [-0.05, 0) is 74.2 Å². The summed E-state index contributed by atoms with van der Waals surface area (Å²) < 4.78 is 69.7. The molecule has 0 heterocycles. The van der Waals surface area contributed by atoms with Crippen molar-refractivity contribution in [3.63, 3.8) is 0 Å². The topological polar surface area (TPSA) is 86.8 Å². The van der Waals surface area contributed by atoms with Gasteiger partial charge in [-0.1, -0.05) is 72.8 Å². The Morgan fingerprint density at radius 3 is 2.27 bits per heavy atom. The second-order valence-corrected chi connectivity index (χ2v) is 13.8. The van der Waals surface area contributed by atoms with Gasteiger partial charge in [-0.3, -0.25) is 13.9 Å². The van der Waals surface area contributed by atoms with Crippen molar-refractivity contribution in [3.05, 3.63) is 93.5 Å². The normalized spacial score (nSPS) is 14.6. The van der Waals surface area contributed by atoms with E-state index in [0.29, 0.717) is 21.0 Å². The van der Waals surface area contributed by atoms with E-state index in [1.54, 1.807) is 38.1 Å². The number of carbonyl (C=O) groups excluding carboxylic acids is 2. The van der Waals surface area contributed by atoms with E-state index in [9.17, 15) is 31.2 Å². The second kappa shape index (κ2) is 14.4. The molecule has 242 valence electrons. The minimum absolute atomic E-state index is 0.0499. The molecule has 3 aromatic rings. The monoisotopic (exact) mass is 683 g/mol. The number of nitrogens with one attached hydrogen (secondary N) is 1. The van der Waals surface area contributed by atoms with Crippen molar-refractivity contribution in [2.45, 2.75) is 75.7 Å². The Morgan fingerprint density at radius 2 is 1.67 bits per heavy atom. The number of amides is 2. The summed E-state index contributed by atoms with van der Waals surface area (Å²) in [7, 11) is -4.55. The van der Waals surface area contributed by atoms with Gasteiger partial charge in [0, 0.05) is 22.6 Å². The molecule has 1 saturated carbocycles. The van der Waals surface area contributed by atoms with Crippen LogP contribution in [0.15, 0.2) is 71.6 Å². The first-order chi connectivity index (χ1) is 21.2. The maximum Gasteiger partial charge on any atom is 0.416 e. The maximum absolute atomic E-state index is 14.2. The van der Waals surface area contributed by atoms with Crippen LogP contribution in [0.1, 0.15) is 55.7 Å². The minimum Gasteiger partial charge on any atom is -0.352 e. The van der Waals surface area contributed by atoms with Crippen LogP contribution in [-0.4, -0.2) is 43.8 Å². The number of sulfonamides is 1. The lowest BCUT2D eigenvalue weighted by Crippen LogP contribution is -2.53. The highest BCUT2D eigenvalue weighted by Gasteiger charge is 2.36. The van der Waals surface area contributed by atoms with Crippen molar-refractivity contribution in [1.82, 2.24) is 10.2 Å². The summed E-state index contributed by atoms with van der Waals surface area (Å²) in [4.78, 5) is 28.8. The van der Waals surface area contributed by atoms with Crippen molar-refractivity contribution >= 4 is 50.7 Å². The van der Waals surface area contributed by atoms with Gasteiger partial charge in [0.2, 0.25) is 11.8 Å². The molecular weight excluding hydrogens is 650 g/mol. The number of halogens is 5. The lowest BCUT2D eigenvalue weighted by atomic mass is 10.1. The van der Waals surface area contributed by atoms with Gasteiger partial charge in [0.15, 0.2) is 0 Å². The van der Waals surface area contributed by atoms with Crippen molar-refractivity contribution in [2.75, 3.05) is 10.8 Å². The number of carbonyl (C=O) groups is 2. The highest BCUT2D eigenvalue weighted by molar-refractivity contribution is 7.92. The van der Waals surface area contributed by atoms with Crippen LogP contribution in [0.2, 0.25) is 10.0 Å². The van der Waals surface area contributed by atoms with Gasteiger partial charge < -0.3 is 10.2 Å². The van der Waals surface area contributed by atoms with Gasteiger partial charge in [-0.2, -0.15) is 13.2 Å². The molecular formula is C32H34Cl2F3N3O4S. The molecule has 0 aliphatic heterocycles. The fourth-order valence-corrected chi connectivity index (χ4v) is 7.20. The van der Waals surface area contributed by atoms with Crippen LogP contribution in [0.25, 0.3) is 0 Å².